The van der Waals surface area contributed by atoms with Crippen LogP contribution in [0.4, 0.5) is 0 Å². The average Bonchev–Trinajstić information content (AvgIpc) is 2.78. The number of pyridine rings is 1. The van der Waals surface area contributed by atoms with Crippen LogP contribution in [0.25, 0.3) is 10.9 Å². The van der Waals surface area contributed by atoms with E-state index in [-0.39, 0.29) is 5.97 Å². The highest BCUT2D eigenvalue weighted by Crippen LogP contribution is 2.33. The Morgan fingerprint density at radius 3 is 2.95 bits per heavy atom. The van der Waals surface area contributed by atoms with Crippen LogP contribution in [0.2, 0.25) is 5.02 Å². The van der Waals surface area contributed by atoms with E-state index in [0.717, 1.165) is 40.3 Å². The second kappa shape index (κ2) is 4.47. The van der Waals surface area contributed by atoms with Gasteiger partial charge >= 0.3 is 5.97 Å². The third-order valence-electron chi connectivity index (χ3n) is 3.37. The fourth-order valence-electron chi connectivity index (χ4n) is 2.43. The SMILES string of the molecule is COC(=O)c1ccc2c(Cl)c3c(nc2c1)CN(C)C3. The lowest BCUT2D eigenvalue weighted by molar-refractivity contribution is 0.0601. The van der Waals surface area contributed by atoms with E-state index in [9.17, 15) is 4.79 Å². The van der Waals surface area contributed by atoms with E-state index in [1.165, 1.54) is 7.11 Å². The fourth-order valence-corrected chi connectivity index (χ4v) is 2.76. The van der Waals surface area contributed by atoms with Gasteiger partial charge < -0.3 is 4.74 Å². The first-order valence-electron chi connectivity index (χ1n) is 5.98. The molecule has 1 aromatic carbocycles. The summed E-state index contributed by atoms with van der Waals surface area (Å²) in [6.07, 6.45) is 0. The molecule has 1 aliphatic heterocycles. The normalized spacial score (nSPS) is 14.7. The van der Waals surface area contributed by atoms with Crippen molar-refractivity contribution >= 4 is 28.5 Å². The summed E-state index contributed by atoms with van der Waals surface area (Å²) in [6.45, 7) is 1.60. The molecule has 0 unspecified atom stereocenters. The summed E-state index contributed by atoms with van der Waals surface area (Å²) in [7, 11) is 3.40. The molecule has 0 radical (unpaired) electrons. The van der Waals surface area contributed by atoms with Crippen LogP contribution in [0.15, 0.2) is 18.2 Å². The minimum absolute atomic E-state index is 0.363. The van der Waals surface area contributed by atoms with Crippen molar-refractivity contribution in [1.82, 2.24) is 9.88 Å². The molecule has 19 heavy (non-hydrogen) atoms. The van der Waals surface area contributed by atoms with Crippen LogP contribution < -0.4 is 0 Å². The maximum atomic E-state index is 11.5. The summed E-state index contributed by atoms with van der Waals surface area (Å²) < 4.78 is 4.72. The van der Waals surface area contributed by atoms with Gasteiger partial charge in [-0.25, -0.2) is 4.79 Å². The summed E-state index contributed by atoms with van der Waals surface area (Å²) in [4.78, 5) is 18.3. The van der Waals surface area contributed by atoms with E-state index >= 15 is 0 Å². The van der Waals surface area contributed by atoms with Crippen molar-refractivity contribution in [3.05, 3.63) is 40.0 Å². The Kier molecular flexibility index (Phi) is 2.92. The van der Waals surface area contributed by atoms with Crippen molar-refractivity contribution in [2.75, 3.05) is 14.2 Å². The molecule has 2 heterocycles. The van der Waals surface area contributed by atoms with Gasteiger partial charge in [-0.15, -0.1) is 0 Å². The Morgan fingerprint density at radius 1 is 1.42 bits per heavy atom. The molecule has 3 rings (SSSR count). The smallest absolute Gasteiger partial charge is 0.337 e. The number of hydrogen-bond donors (Lipinski definition) is 0. The van der Waals surface area contributed by atoms with Crippen molar-refractivity contribution in [2.45, 2.75) is 13.1 Å². The third kappa shape index (κ3) is 1.97. The van der Waals surface area contributed by atoms with Gasteiger partial charge in [0.15, 0.2) is 0 Å². The molecule has 4 nitrogen and oxygen atoms in total. The van der Waals surface area contributed by atoms with E-state index in [4.69, 9.17) is 16.3 Å². The van der Waals surface area contributed by atoms with Gasteiger partial charge in [0.1, 0.15) is 0 Å². The van der Waals surface area contributed by atoms with Crippen LogP contribution in [0.3, 0.4) is 0 Å². The van der Waals surface area contributed by atoms with E-state index in [2.05, 4.69) is 9.88 Å². The summed E-state index contributed by atoms with van der Waals surface area (Å²) in [5.41, 5.74) is 3.30. The number of carbonyl (C=O) groups is 1. The lowest BCUT2D eigenvalue weighted by atomic mass is 10.1. The molecular weight excluding hydrogens is 264 g/mol. The van der Waals surface area contributed by atoms with Gasteiger partial charge in [-0.1, -0.05) is 17.7 Å². The molecule has 0 aliphatic carbocycles. The fraction of sp³-hybridized carbons (Fsp3) is 0.286. The lowest BCUT2D eigenvalue weighted by Gasteiger charge is -2.07. The van der Waals surface area contributed by atoms with Crippen molar-refractivity contribution in [3.63, 3.8) is 0 Å². The Balaban J connectivity index is 2.20. The molecule has 0 bridgehead atoms. The van der Waals surface area contributed by atoms with Crippen LogP contribution in [-0.2, 0) is 17.8 Å². The maximum Gasteiger partial charge on any atom is 0.337 e. The van der Waals surface area contributed by atoms with Crippen LogP contribution in [0.1, 0.15) is 21.6 Å². The number of hydrogen-bond acceptors (Lipinski definition) is 4. The maximum absolute atomic E-state index is 11.5. The number of esters is 1. The second-order valence-corrected chi connectivity index (χ2v) is 5.12. The number of halogens is 1. The first-order chi connectivity index (χ1) is 9.10. The van der Waals surface area contributed by atoms with E-state index in [1.807, 2.05) is 13.1 Å². The Hall–Kier alpha value is -1.65. The first-order valence-corrected chi connectivity index (χ1v) is 6.36. The molecule has 0 saturated heterocycles. The lowest BCUT2D eigenvalue weighted by Crippen LogP contribution is -2.07. The van der Waals surface area contributed by atoms with E-state index in [0.29, 0.717) is 5.56 Å². The summed E-state index contributed by atoms with van der Waals surface area (Å²) in [5, 5.41) is 1.61. The molecule has 0 spiro atoms. The highest BCUT2D eigenvalue weighted by molar-refractivity contribution is 6.36. The standard InChI is InChI=1S/C14H13ClN2O2/c1-17-6-10-12(7-17)16-11-5-8(14(18)19-2)3-4-9(11)13(10)15/h3-5H,6-7H2,1-2H3. The van der Waals surface area contributed by atoms with E-state index < -0.39 is 0 Å². The topological polar surface area (TPSA) is 42.4 Å². The van der Waals surface area contributed by atoms with Crippen molar-refractivity contribution in [1.29, 1.82) is 0 Å². The van der Waals surface area contributed by atoms with Gasteiger partial charge in [0, 0.05) is 24.0 Å². The van der Waals surface area contributed by atoms with Gasteiger partial charge in [0.2, 0.25) is 0 Å². The summed E-state index contributed by atoms with van der Waals surface area (Å²) >= 11 is 6.44. The number of aromatic nitrogens is 1. The molecule has 98 valence electrons. The monoisotopic (exact) mass is 276 g/mol. The van der Waals surface area contributed by atoms with Gasteiger partial charge in [0.25, 0.3) is 0 Å². The quantitative estimate of drug-likeness (QED) is 0.751. The third-order valence-corrected chi connectivity index (χ3v) is 3.80. The molecule has 0 N–H and O–H groups in total. The zero-order chi connectivity index (χ0) is 13.6. The van der Waals surface area contributed by atoms with Gasteiger partial charge in [-0.3, -0.25) is 9.88 Å². The zero-order valence-corrected chi connectivity index (χ0v) is 11.5. The molecule has 5 heteroatoms. The Labute approximate surface area is 115 Å². The van der Waals surface area contributed by atoms with Crippen molar-refractivity contribution in [2.24, 2.45) is 0 Å². The summed E-state index contributed by atoms with van der Waals surface area (Å²) in [5.74, 6) is -0.363. The highest BCUT2D eigenvalue weighted by Gasteiger charge is 2.22. The average molecular weight is 277 g/mol. The number of methoxy groups -OCH3 is 1. The number of fused-ring (bicyclic) bond motifs is 2. The largest absolute Gasteiger partial charge is 0.465 e. The molecule has 2 aromatic rings. The number of nitrogens with zero attached hydrogens (tertiary/aromatic N) is 2. The van der Waals surface area contributed by atoms with Gasteiger partial charge in [-0.05, 0) is 19.2 Å². The van der Waals surface area contributed by atoms with Crippen molar-refractivity contribution in [3.8, 4) is 0 Å². The number of ether oxygens (including phenoxy) is 1. The Morgan fingerprint density at radius 2 is 2.21 bits per heavy atom. The number of carbonyl (C=O) groups excluding carboxylic acids is 1. The minimum Gasteiger partial charge on any atom is -0.465 e. The Bertz CT molecular complexity index is 685. The molecular formula is C14H13ClN2O2. The number of rotatable bonds is 1. The van der Waals surface area contributed by atoms with Gasteiger partial charge in [0.05, 0.1) is 28.9 Å². The molecule has 1 aliphatic rings. The van der Waals surface area contributed by atoms with Crippen LogP contribution in [0, 0.1) is 0 Å². The molecule has 0 saturated carbocycles. The van der Waals surface area contributed by atoms with Crippen LogP contribution >= 0.6 is 11.6 Å². The minimum atomic E-state index is -0.363. The molecule has 0 fully saturated rings. The van der Waals surface area contributed by atoms with E-state index in [1.54, 1.807) is 12.1 Å². The number of benzene rings is 1. The van der Waals surface area contributed by atoms with Crippen LogP contribution in [0.5, 0.6) is 0 Å². The van der Waals surface area contributed by atoms with Gasteiger partial charge in [-0.2, -0.15) is 0 Å². The predicted octanol–water partition coefficient (Wildman–Crippen LogP) is 2.62. The summed E-state index contributed by atoms with van der Waals surface area (Å²) in [6, 6.07) is 5.27. The molecule has 1 aromatic heterocycles. The second-order valence-electron chi connectivity index (χ2n) is 4.75. The highest BCUT2D eigenvalue weighted by atomic mass is 35.5. The predicted molar refractivity (Wildman–Crippen MR) is 73.3 cm³/mol. The van der Waals surface area contributed by atoms with Crippen molar-refractivity contribution < 1.29 is 9.53 Å². The molecule has 0 amide bonds. The zero-order valence-electron chi connectivity index (χ0n) is 10.7. The van der Waals surface area contributed by atoms with Crippen LogP contribution in [-0.4, -0.2) is 30.0 Å². The first kappa shape index (κ1) is 12.4. The molecule has 0 atom stereocenters.